The SMILES string of the molecule is C1=C[C@H]2C[C@@H]1C[C@H]2C1CCCCC1. The topological polar surface area (TPSA) is 0 Å². The van der Waals surface area contributed by atoms with Gasteiger partial charge in [-0.3, -0.25) is 0 Å². The van der Waals surface area contributed by atoms with Crippen LogP contribution in [0.2, 0.25) is 0 Å². The number of hydrogen-bond donors (Lipinski definition) is 0. The molecule has 0 unspecified atom stereocenters. The Labute approximate surface area is 81.4 Å². The van der Waals surface area contributed by atoms with E-state index in [4.69, 9.17) is 0 Å². The lowest BCUT2D eigenvalue weighted by Gasteiger charge is -2.31. The zero-order valence-electron chi connectivity index (χ0n) is 8.41. The van der Waals surface area contributed by atoms with Crippen LogP contribution in [0.25, 0.3) is 0 Å². The standard InChI is InChI=1S/C13H20/c1-2-4-11(5-3-1)13-9-10-6-7-12(13)8-10/h6-7,10-13H,1-5,8-9H2/t10-,12+,13+/m1/s1. The second kappa shape index (κ2) is 3.15. The maximum absolute atomic E-state index is 2.52. The molecule has 0 aromatic heterocycles. The minimum Gasteiger partial charge on any atom is -0.0851 e. The lowest BCUT2D eigenvalue weighted by Crippen LogP contribution is -2.21. The van der Waals surface area contributed by atoms with E-state index in [2.05, 4.69) is 12.2 Å². The molecule has 3 atom stereocenters. The van der Waals surface area contributed by atoms with E-state index in [-0.39, 0.29) is 0 Å². The van der Waals surface area contributed by atoms with Crippen molar-refractivity contribution in [1.29, 1.82) is 0 Å². The maximum atomic E-state index is 2.52. The summed E-state index contributed by atoms with van der Waals surface area (Å²) in [4.78, 5) is 0. The third-order valence-corrected chi connectivity index (χ3v) is 4.59. The van der Waals surface area contributed by atoms with Gasteiger partial charge in [0.2, 0.25) is 0 Å². The van der Waals surface area contributed by atoms with Gasteiger partial charge in [0.05, 0.1) is 0 Å². The largest absolute Gasteiger partial charge is 0.0851 e. The Morgan fingerprint density at radius 2 is 1.69 bits per heavy atom. The molecule has 0 saturated heterocycles. The van der Waals surface area contributed by atoms with Gasteiger partial charge in [0.15, 0.2) is 0 Å². The summed E-state index contributed by atoms with van der Waals surface area (Å²) in [6, 6.07) is 0. The van der Waals surface area contributed by atoms with Gasteiger partial charge in [-0.1, -0.05) is 44.3 Å². The molecule has 3 aliphatic carbocycles. The lowest BCUT2D eigenvalue weighted by atomic mass is 9.74. The predicted molar refractivity (Wildman–Crippen MR) is 55.4 cm³/mol. The van der Waals surface area contributed by atoms with Crippen LogP contribution in [0.5, 0.6) is 0 Å². The van der Waals surface area contributed by atoms with Crippen LogP contribution in [0.1, 0.15) is 44.9 Å². The van der Waals surface area contributed by atoms with E-state index >= 15 is 0 Å². The Balaban J connectivity index is 1.68. The molecule has 0 heteroatoms. The molecule has 0 nitrogen and oxygen atoms in total. The van der Waals surface area contributed by atoms with Gasteiger partial charge < -0.3 is 0 Å². The van der Waals surface area contributed by atoms with Gasteiger partial charge in [0, 0.05) is 0 Å². The van der Waals surface area contributed by atoms with Crippen LogP contribution in [0.4, 0.5) is 0 Å². The van der Waals surface area contributed by atoms with Crippen molar-refractivity contribution in [2.24, 2.45) is 23.7 Å². The van der Waals surface area contributed by atoms with Crippen LogP contribution in [0.3, 0.4) is 0 Å². The van der Waals surface area contributed by atoms with Crippen LogP contribution in [0, 0.1) is 23.7 Å². The molecule has 0 aromatic carbocycles. The third-order valence-electron chi connectivity index (χ3n) is 4.59. The van der Waals surface area contributed by atoms with Crippen LogP contribution < -0.4 is 0 Å². The zero-order valence-corrected chi connectivity index (χ0v) is 8.41. The fourth-order valence-electron chi connectivity index (χ4n) is 3.93. The fourth-order valence-corrected chi connectivity index (χ4v) is 3.93. The minimum atomic E-state index is 0.983. The molecule has 3 rings (SSSR count). The normalized spacial score (nSPS) is 44.5. The van der Waals surface area contributed by atoms with Gasteiger partial charge in [-0.2, -0.15) is 0 Å². The molecular weight excluding hydrogens is 156 g/mol. The number of fused-ring (bicyclic) bond motifs is 2. The van der Waals surface area contributed by atoms with E-state index in [9.17, 15) is 0 Å². The summed E-state index contributed by atoms with van der Waals surface area (Å²) in [5, 5.41) is 0. The first-order valence-corrected chi connectivity index (χ1v) is 6.12. The van der Waals surface area contributed by atoms with Crippen molar-refractivity contribution in [3.05, 3.63) is 12.2 Å². The molecule has 13 heavy (non-hydrogen) atoms. The second-order valence-corrected chi connectivity index (χ2v) is 5.34. The number of rotatable bonds is 1. The highest BCUT2D eigenvalue weighted by Crippen LogP contribution is 2.49. The average Bonchev–Trinajstić information content (AvgIpc) is 2.80. The van der Waals surface area contributed by atoms with E-state index in [1.54, 1.807) is 12.8 Å². The molecule has 0 radical (unpaired) electrons. The molecule has 0 aliphatic heterocycles. The summed E-state index contributed by atoms with van der Waals surface area (Å²) >= 11 is 0. The van der Waals surface area contributed by atoms with Crippen molar-refractivity contribution < 1.29 is 0 Å². The van der Waals surface area contributed by atoms with Crippen molar-refractivity contribution in [2.75, 3.05) is 0 Å². The van der Waals surface area contributed by atoms with E-state index in [1.807, 2.05) is 0 Å². The Morgan fingerprint density at radius 1 is 0.846 bits per heavy atom. The summed E-state index contributed by atoms with van der Waals surface area (Å²) < 4.78 is 0. The van der Waals surface area contributed by atoms with Gasteiger partial charge >= 0.3 is 0 Å². The third kappa shape index (κ3) is 1.35. The highest BCUT2D eigenvalue weighted by Gasteiger charge is 2.39. The summed E-state index contributed by atoms with van der Waals surface area (Å²) in [5.74, 6) is 4.18. The van der Waals surface area contributed by atoms with E-state index in [0.717, 1.165) is 23.7 Å². The first-order chi connectivity index (χ1) is 6.43. The lowest BCUT2D eigenvalue weighted by molar-refractivity contribution is 0.219. The summed E-state index contributed by atoms with van der Waals surface area (Å²) in [7, 11) is 0. The van der Waals surface area contributed by atoms with Crippen molar-refractivity contribution in [2.45, 2.75) is 44.9 Å². The van der Waals surface area contributed by atoms with Crippen molar-refractivity contribution in [1.82, 2.24) is 0 Å². The van der Waals surface area contributed by atoms with Crippen LogP contribution in [-0.4, -0.2) is 0 Å². The van der Waals surface area contributed by atoms with Crippen molar-refractivity contribution >= 4 is 0 Å². The van der Waals surface area contributed by atoms with E-state index < -0.39 is 0 Å². The minimum absolute atomic E-state index is 0.983. The average molecular weight is 176 g/mol. The summed E-state index contributed by atoms with van der Waals surface area (Å²) in [5.41, 5.74) is 0. The molecule has 72 valence electrons. The smallest absolute Gasteiger partial charge is 0.0197 e. The first kappa shape index (κ1) is 8.08. The highest BCUT2D eigenvalue weighted by atomic mass is 14.4. The molecule has 0 aromatic rings. The van der Waals surface area contributed by atoms with Crippen molar-refractivity contribution in [3.8, 4) is 0 Å². The Morgan fingerprint density at radius 3 is 2.31 bits per heavy atom. The van der Waals surface area contributed by atoms with Crippen LogP contribution >= 0.6 is 0 Å². The Hall–Kier alpha value is -0.260. The van der Waals surface area contributed by atoms with Gasteiger partial charge in [0.1, 0.15) is 0 Å². The molecular formula is C13H20. The molecule has 2 bridgehead atoms. The van der Waals surface area contributed by atoms with E-state index in [1.165, 1.54) is 32.1 Å². The first-order valence-electron chi connectivity index (χ1n) is 6.12. The van der Waals surface area contributed by atoms with Crippen LogP contribution in [-0.2, 0) is 0 Å². The fraction of sp³-hybridized carbons (Fsp3) is 0.846. The van der Waals surface area contributed by atoms with Gasteiger partial charge in [-0.15, -0.1) is 0 Å². The van der Waals surface area contributed by atoms with Crippen molar-refractivity contribution in [3.63, 3.8) is 0 Å². The number of allylic oxidation sites excluding steroid dienone is 2. The number of hydrogen-bond acceptors (Lipinski definition) is 0. The molecule has 0 heterocycles. The van der Waals surface area contributed by atoms with Gasteiger partial charge in [0.25, 0.3) is 0 Å². The summed E-state index contributed by atoms with van der Waals surface area (Å²) in [6.45, 7) is 0. The molecule has 3 aliphatic rings. The molecule has 2 fully saturated rings. The zero-order chi connectivity index (χ0) is 8.67. The summed E-state index contributed by atoms with van der Waals surface area (Å²) in [6.07, 6.45) is 15.7. The second-order valence-electron chi connectivity index (χ2n) is 5.34. The van der Waals surface area contributed by atoms with E-state index in [0.29, 0.717) is 0 Å². The van der Waals surface area contributed by atoms with Gasteiger partial charge in [-0.25, -0.2) is 0 Å². The van der Waals surface area contributed by atoms with Gasteiger partial charge in [-0.05, 0) is 36.5 Å². The predicted octanol–water partition coefficient (Wildman–Crippen LogP) is 3.78. The molecule has 2 saturated carbocycles. The highest BCUT2D eigenvalue weighted by molar-refractivity contribution is 5.11. The molecule has 0 N–H and O–H groups in total. The molecule has 0 amide bonds. The van der Waals surface area contributed by atoms with Crippen LogP contribution in [0.15, 0.2) is 12.2 Å². The Kier molecular flexibility index (Phi) is 1.96. The monoisotopic (exact) mass is 176 g/mol. The quantitative estimate of drug-likeness (QED) is 0.533. The molecule has 0 spiro atoms. The Bertz CT molecular complexity index is 210. The maximum Gasteiger partial charge on any atom is -0.0197 e.